The fourth-order valence-corrected chi connectivity index (χ4v) is 2.08. The zero-order chi connectivity index (χ0) is 16.1. The third-order valence-corrected chi connectivity index (χ3v) is 3.05. The number of nitrogens with one attached hydrogen (secondary N) is 1. The number of imidazole rings is 1. The second-order valence-electron chi connectivity index (χ2n) is 4.73. The minimum absolute atomic E-state index is 0.413. The summed E-state index contributed by atoms with van der Waals surface area (Å²) in [6.45, 7) is 8.13. The molecule has 0 saturated heterocycles. The first-order valence-corrected chi connectivity index (χ1v) is 7.08. The molecule has 3 aromatic rings. The Hall–Kier alpha value is -3.15. The van der Waals surface area contributed by atoms with Gasteiger partial charge >= 0.3 is 0 Å². The number of aromatic nitrogens is 4. The van der Waals surface area contributed by atoms with E-state index in [1.807, 2.05) is 18.2 Å². The largest absolute Gasteiger partial charge is 0.489 e. The first kappa shape index (κ1) is 14.8. The molecule has 6 nitrogen and oxygen atoms in total. The van der Waals surface area contributed by atoms with Gasteiger partial charge in [-0.15, -0.1) is 0 Å². The molecule has 116 valence electrons. The summed E-state index contributed by atoms with van der Waals surface area (Å²) in [5.74, 6) is 2.02. The monoisotopic (exact) mass is 308 g/mol. The number of benzene rings is 1. The van der Waals surface area contributed by atoms with Crippen molar-refractivity contribution >= 4 is 11.2 Å². The van der Waals surface area contributed by atoms with Crippen LogP contribution in [0.15, 0.2) is 56.0 Å². The maximum Gasteiger partial charge on any atom is 0.161 e. The smallest absolute Gasteiger partial charge is 0.161 e. The van der Waals surface area contributed by atoms with Crippen LogP contribution in [0.1, 0.15) is 0 Å². The van der Waals surface area contributed by atoms with Crippen LogP contribution in [0.2, 0.25) is 0 Å². The predicted octanol–water partition coefficient (Wildman–Crippen LogP) is 3.15. The number of rotatable bonds is 7. The van der Waals surface area contributed by atoms with E-state index < -0.39 is 0 Å². The van der Waals surface area contributed by atoms with E-state index in [0.717, 1.165) is 5.56 Å². The van der Waals surface area contributed by atoms with Crippen molar-refractivity contribution in [2.45, 2.75) is 0 Å². The number of aromatic amines is 1. The Morgan fingerprint density at radius 3 is 2.35 bits per heavy atom. The molecule has 0 aliphatic rings. The van der Waals surface area contributed by atoms with Crippen LogP contribution in [0.4, 0.5) is 0 Å². The highest BCUT2D eigenvalue weighted by atomic mass is 16.5. The molecule has 0 radical (unpaired) electrons. The second-order valence-corrected chi connectivity index (χ2v) is 4.73. The summed E-state index contributed by atoms with van der Waals surface area (Å²) in [7, 11) is 0. The van der Waals surface area contributed by atoms with E-state index in [1.54, 1.807) is 18.3 Å². The Bertz CT molecular complexity index is 778. The molecule has 0 aliphatic heterocycles. The van der Waals surface area contributed by atoms with Crippen LogP contribution in [0, 0.1) is 0 Å². The topological polar surface area (TPSA) is 72.9 Å². The summed E-state index contributed by atoms with van der Waals surface area (Å²) in [6.07, 6.45) is 6.52. The Kier molecular flexibility index (Phi) is 4.33. The molecule has 0 saturated carbocycles. The lowest BCUT2D eigenvalue weighted by atomic mass is 10.2. The lowest BCUT2D eigenvalue weighted by Gasteiger charge is -2.09. The molecule has 2 heterocycles. The van der Waals surface area contributed by atoms with Gasteiger partial charge in [0.1, 0.15) is 42.4 Å². The molecule has 23 heavy (non-hydrogen) atoms. The SMILES string of the molecule is C=CCOc1cc(OCC=C)cc(-c2nc3cncnc3[nH]2)c1. The minimum atomic E-state index is 0.413. The highest BCUT2D eigenvalue weighted by molar-refractivity contribution is 5.75. The first-order chi connectivity index (χ1) is 11.3. The van der Waals surface area contributed by atoms with Crippen LogP contribution in [-0.4, -0.2) is 33.1 Å². The van der Waals surface area contributed by atoms with Gasteiger partial charge in [0.15, 0.2) is 5.65 Å². The van der Waals surface area contributed by atoms with Crippen molar-refractivity contribution in [1.82, 2.24) is 19.9 Å². The van der Waals surface area contributed by atoms with Crippen molar-refractivity contribution in [2.24, 2.45) is 0 Å². The van der Waals surface area contributed by atoms with Crippen LogP contribution < -0.4 is 9.47 Å². The second kappa shape index (κ2) is 6.74. The summed E-state index contributed by atoms with van der Waals surface area (Å²) in [4.78, 5) is 15.8. The van der Waals surface area contributed by atoms with Gasteiger partial charge in [0.25, 0.3) is 0 Å². The molecule has 0 aliphatic carbocycles. The van der Waals surface area contributed by atoms with E-state index in [1.165, 1.54) is 6.33 Å². The molecular formula is C17H16N4O2. The van der Waals surface area contributed by atoms with E-state index in [-0.39, 0.29) is 0 Å². The van der Waals surface area contributed by atoms with Gasteiger partial charge in [-0.05, 0) is 12.1 Å². The predicted molar refractivity (Wildman–Crippen MR) is 88.5 cm³/mol. The number of hydrogen-bond acceptors (Lipinski definition) is 5. The maximum absolute atomic E-state index is 5.62. The summed E-state index contributed by atoms with van der Waals surface area (Å²) >= 11 is 0. The van der Waals surface area contributed by atoms with Gasteiger partial charge in [-0.1, -0.05) is 25.3 Å². The third-order valence-electron chi connectivity index (χ3n) is 3.05. The van der Waals surface area contributed by atoms with Gasteiger partial charge in [-0.25, -0.2) is 15.0 Å². The van der Waals surface area contributed by atoms with Crippen molar-refractivity contribution in [3.63, 3.8) is 0 Å². The fourth-order valence-electron chi connectivity index (χ4n) is 2.08. The minimum Gasteiger partial charge on any atom is -0.489 e. The summed E-state index contributed by atoms with van der Waals surface area (Å²) < 4.78 is 11.2. The van der Waals surface area contributed by atoms with Crippen LogP contribution in [0.25, 0.3) is 22.6 Å². The molecule has 2 aromatic heterocycles. The molecule has 6 heteroatoms. The molecule has 0 bridgehead atoms. The molecule has 0 amide bonds. The van der Waals surface area contributed by atoms with E-state index in [2.05, 4.69) is 33.1 Å². The molecule has 0 atom stereocenters. The van der Waals surface area contributed by atoms with Crippen molar-refractivity contribution in [1.29, 1.82) is 0 Å². The quantitative estimate of drug-likeness (QED) is 0.679. The molecule has 0 unspecified atom stereocenters. The van der Waals surface area contributed by atoms with Gasteiger partial charge in [-0.2, -0.15) is 0 Å². The van der Waals surface area contributed by atoms with Gasteiger partial charge in [0.05, 0.1) is 6.20 Å². The van der Waals surface area contributed by atoms with Gasteiger partial charge in [0.2, 0.25) is 0 Å². The number of ether oxygens (including phenoxy) is 2. The lowest BCUT2D eigenvalue weighted by molar-refractivity contribution is 0.345. The third kappa shape index (κ3) is 3.37. The average Bonchev–Trinajstić information content (AvgIpc) is 3.02. The fraction of sp³-hybridized carbons (Fsp3) is 0.118. The highest BCUT2D eigenvalue weighted by Gasteiger charge is 2.10. The average molecular weight is 308 g/mol. The zero-order valence-electron chi connectivity index (χ0n) is 12.5. The summed E-state index contributed by atoms with van der Waals surface area (Å²) in [6, 6.07) is 5.59. The Morgan fingerprint density at radius 2 is 1.74 bits per heavy atom. The molecular weight excluding hydrogens is 292 g/mol. The van der Waals surface area contributed by atoms with Crippen LogP contribution in [0.5, 0.6) is 11.5 Å². The van der Waals surface area contributed by atoms with Gasteiger partial charge < -0.3 is 14.5 Å². The normalized spacial score (nSPS) is 10.4. The molecule has 3 rings (SSSR count). The van der Waals surface area contributed by atoms with Crippen LogP contribution in [0.3, 0.4) is 0 Å². The number of nitrogens with zero attached hydrogens (tertiary/aromatic N) is 3. The summed E-state index contributed by atoms with van der Waals surface area (Å²) in [5, 5.41) is 0. The molecule has 0 spiro atoms. The Morgan fingerprint density at radius 1 is 1.04 bits per heavy atom. The van der Waals surface area contributed by atoms with Crippen molar-refractivity contribution in [3.8, 4) is 22.9 Å². The van der Waals surface area contributed by atoms with Crippen LogP contribution >= 0.6 is 0 Å². The first-order valence-electron chi connectivity index (χ1n) is 7.08. The van der Waals surface area contributed by atoms with E-state index >= 15 is 0 Å². The number of hydrogen-bond donors (Lipinski definition) is 1. The summed E-state index contributed by atoms with van der Waals surface area (Å²) in [5.41, 5.74) is 2.22. The Balaban J connectivity index is 2.01. The standard InChI is InChI=1S/C17H16N4O2/c1-3-5-22-13-7-12(8-14(9-13)23-6-4-2)16-20-15-10-18-11-19-17(15)21-16/h3-4,7-11H,1-2,5-6H2,(H,18,19,20,21). The van der Waals surface area contributed by atoms with E-state index in [0.29, 0.717) is 41.7 Å². The Labute approximate surface area is 133 Å². The van der Waals surface area contributed by atoms with E-state index in [9.17, 15) is 0 Å². The molecule has 1 N–H and O–H groups in total. The van der Waals surface area contributed by atoms with Crippen molar-refractivity contribution in [3.05, 3.63) is 56.0 Å². The highest BCUT2D eigenvalue weighted by Crippen LogP contribution is 2.29. The lowest BCUT2D eigenvalue weighted by Crippen LogP contribution is -1.97. The zero-order valence-corrected chi connectivity index (χ0v) is 12.5. The van der Waals surface area contributed by atoms with Crippen LogP contribution in [-0.2, 0) is 0 Å². The number of H-pyrrole nitrogens is 1. The van der Waals surface area contributed by atoms with Gasteiger partial charge in [-0.3, -0.25) is 0 Å². The number of fused-ring (bicyclic) bond motifs is 1. The molecule has 0 fully saturated rings. The maximum atomic E-state index is 5.62. The van der Waals surface area contributed by atoms with Crippen molar-refractivity contribution in [2.75, 3.05) is 13.2 Å². The van der Waals surface area contributed by atoms with Crippen molar-refractivity contribution < 1.29 is 9.47 Å². The van der Waals surface area contributed by atoms with Gasteiger partial charge in [0, 0.05) is 11.6 Å². The van der Waals surface area contributed by atoms with E-state index in [4.69, 9.17) is 9.47 Å². The molecule has 1 aromatic carbocycles.